The van der Waals surface area contributed by atoms with Crippen molar-refractivity contribution in [3.8, 4) is 5.75 Å². The molecular weight excluding hydrogens is 508 g/mol. The van der Waals surface area contributed by atoms with Crippen LogP contribution >= 0.6 is 31.9 Å². The molecule has 0 aliphatic rings. The lowest BCUT2D eigenvalue weighted by Crippen LogP contribution is -2.20. The molecule has 0 bridgehead atoms. The van der Waals surface area contributed by atoms with Crippen molar-refractivity contribution >= 4 is 54.7 Å². The Morgan fingerprint density at radius 3 is 2.62 bits per heavy atom. The van der Waals surface area contributed by atoms with Gasteiger partial charge in [0.2, 0.25) is 5.75 Å². The summed E-state index contributed by atoms with van der Waals surface area (Å²) in [6, 6.07) is 8.22. The van der Waals surface area contributed by atoms with Gasteiger partial charge in [0, 0.05) is 20.6 Å². The average molecular weight is 524 g/mol. The van der Waals surface area contributed by atoms with E-state index in [9.17, 15) is 14.9 Å². The minimum atomic E-state index is -0.521. The predicted octanol–water partition coefficient (Wildman–Crippen LogP) is 4.81. The number of nitro benzene ring substituents is 1. The fourth-order valence-corrected chi connectivity index (χ4v) is 3.54. The van der Waals surface area contributed by atoms with E-state index in [4.69, 9.17) is 4.74 Å². The zero-order valence-corrected chi connectivity index (χ0v) is 18.9. The molecule has 2 aromatic carbocycles. The molecule has 0 atom stereocenters. The largest absolute Gasteiger partial charge is 0.484 e. The normalized spacial score (nSPS) is 11.5. The fourth-order valence-electron chi connectivity index (χ4n) is 2.71. The Morgan fingerprint density at radius 1 is 1.24 bits per heavy atom. The molecule has 10 heteroatoms. The van der Waals surface area contributed by atoms with E-state index < -0.39 is 4.92 Å². The zero-order valence-electron chi connectivity index (χ0n) is 15.7. The van der Waals surface area contributed by atoms with Crippen molar-refractivity contribution in [2.75, 3.05) is 0 Å². The summed E-state index contributed by atoms with van der Waals surface area (Å²) in [5.41, 5.74) is 0.379. The van der Waals surface area contributed by atoms with Crippen molar-refractivity contribution in [3.63, 3.8) is 0 Å². The molecule has 150 valence electrons. The predicted molar refractivity (Wildman–Crippen MR) is 118 cm³/mol. The van der Waals surface area contributed by atoms with Gasteiger partial charge in [-0.05, 0) is 45.0 Å². The summed E-state index contributed by atoms with van der Waals surface area (Å²) in [6.45, 7) is 5.20. The molecule has 3 rings (SSSR count). The molecule has 0 spiro atoms. The van der Waals surface area contributed by atoms with Gasteiger partial charge < -0.3 is 4.74 Å². The van der Waals surface area contributed by atoms with E-state index in [-0.39, 0.29) is 23.1 Å². The third kappa shape index (κ3) is 4.54. The quantitative estimate of drug-likeness (QED) is 0.271. The maximum atomic E-state index is 12.9. The first kappa shape index (κ1) is 21.1. The number of nitro groups is 1. The summed E-state index contributed by atoms with van der Waals surface area (Å²) in [5.74, 6) is 0.469. The molecule has 0 fully saturated rings. The second kappa shape index (κ2) is 8.42. The van der Waals surface area contributed by atoms with Gasteiger partial charge in [-0.15, -0.1) is 0 Å². The highest BCUT2D eigenvalue weighted by molar-refractivity contribution is 9.10. The lowest BCUT2D eigenvalue weighted by molar-refractivity contribution is -0.386. The lowest BCUT2D eigenvalue weighted by atomic mass is 10.2. The van der Waals surface area contributed by atoms with Crippen LogP contribution in [0.25, 0.3) is 10.9 Å². The Labute approximate surface area is 182 Å². The minimum absolute atomic E-state index is 0.0825. The van der Waals surface area contributed by atoms with Gasteiger partial charge in [-0.1, -0.05) is 31.9 Å². The number of rotatable bonds is 5. The Morgan fingerprint density at radius 2 is 1.97 bits per heavy atom. The van der Waals surface area contributed by atoms with E-state index in [1.807, 2.05) is 0 Å². The van der Waals surface area contributed by atoms with Crippen LogP contribution in [0.2, 0.25) is 0 Å². The van der Waals surface area contributed by atoms with Gasteiger partial charge in [0.05, 0.1) is 28.1 Å². The van der Waals surface area contributed by atoms with Crippen LogP contribution in [0.5, 0.6) is 5.75 Å². The minimum Gasteiger partial charge on any atom is -0.484 e. The highest BCUT2D eigenvalue weighted by Crippen LogP contribution is 2.34. The van der Waals surface area contributed by atoms with E-state index in [2.05, 4.69) is 41.9 Å². The fraction of sp³-hybridized carbons (Fsp3) is 0.211. The standard InChI is InChI=1S/C19H16Br2N4O4/c1-10(2)29-18-12(6-14(21)8-17(18)25(27)28)9-22-24-11(3)23-16-5-4-13(20)7-15(16)19(24)26/h4-10H,1-3H3. The van der Waals surface area contributed by atoms with Gasteiger partial charge in [-0.25, -0.2) is 4.98 Å². The summed E-state index contributed by atoms with van der Waals surface area (Å²) in [4.78, 5) is 28.2. The molecule has 0 saturated carbocycles. The Bertz CT molecular complexity index is 1210. The van der Waals surface area contributed by atoms with Crippen molar-refractivity contribution in [2.45, 2.75) is 26.9 Å². The van der Waals surface area contributed by atoms with Gasteiger partial charge in [0.1, 0.15) is 5.82 Å². The number of aryl methyl sites for hydroxylation is 1. The molecule has 29 heavy (non-hydrogen) atoms. The van der Waals surface area contributed by atoms with Gasteiger partial charge in [-0.2, -0.15) is 9.78 Å². The second-order valence-corrected chi connectivity index (χ2v) is 8.28. The van der Waals surface area contributed by atoms with Crippen molar-refractivity contribution in [1.82, 2.24) is 9.66 Å². The van der Waals surface area contributed by atoms with Crippen LogP contribution in [-0.2, 0) is 0 Å². The van der Waals surface area contributed by atoms with Crippen LogP contribution in [0.1, 0.15) is 25.2 Å². The number of aromatic nitrogens is 2. The van der Waals surface area contributed by atoms with Crippen LogP contribution in [0, 0.1) is 17.0 Å². The number of benzene rings is 2. The highest BCUT2D eigenvalue weighted by atomic mass is 79.9. The van der Waals surface area contributed by atoms with Crippen molar-refractivity contribution in [1.29, 1.82) is 0 Å². The van der Waals surface area contributed by atoms with Gasteiger partial charge in [-0.3, -0.25) is 14.9 Å². The van der Waals surface area contributed by atoms with E-state index >= 15 is 0 Å². The second-order valence-electron chi connectivity index (χ2n) is 6.45. The first-order valence-electron chi connectivity index (χ1n) is 8.55. The maximum absolute atomic E-state index is 12.9. The molecule has 3 aromatic rings. The topological polar surface area (TPSA) is 99.6 Å². The molecule has 1 aromatic heterocycles. The van der Waals surface area contributed by atoms with Crippen LogP contribution in [-0.4, -0.2) is 26.9 Å². The van der Waals surface area contributed by atoms with Gasteiger partial charge >= 0.3 is 5.69 Å². The van der Waals surface area contributed by atoms with E-state index in [0.717, 1.165) is 9.15 Å². The van der Waals surface area contributed by atoms with Crippen LogP contribution in [0.4, 0.5) is 5.69 Å². The van der Waals surface area contributed by atoms with E-state index in [1.54, 1.807) is 45.0 Å². The molecule has 0 amide bonds. The number of hydrogen-bond donors (Lipinski definition) is 0. The molecule has 0 aliphatic carbocycles. The lowest BCUT2D eigenvalue weighted by Gasteiger charge is -2.13. The smallest absolute Gasteiger partial charge is 0.312 e. The summed E-state index contributed by atoms with van der Waals surface area (Å²) in [6.07, 6.45) is 1.07. The summed E-state index contributed by atoms with van der Waals surface area (Å²) in [5, 5.41) is 16.1. The molecule has 0 saturated heterocycles. The average Bonchev–Trinajstić information content (AvgIpc) is 2.63. The maximum Gasteiger partial charge on any atom is 0.312 e. The van der Waals surface area contributed by atoms with Gasteiger partial charge in [0.15, 0.2) is 0 Å². The van der Waals surface area contributed by atoms with Crippen LogP contribution in [0.15, 0.2) is 49.2 Å². The first-order valence-corrected chi connectivity index (χ1v) is 10.1. The highest BCUT2D eigenvalue weighted by Gasteiger charge is 2.21. The van der Waals surface area contributed by atoms with Crippen LogP contribution in [0.3, 0.4) is 0 Å². The number of ether oxygens (including phenoxy) is 1. The van der Waals surface area contributed by atoms with E-state index in [1.165, 1.54) is 12.3 Å². The summed E-state index contributed by atoms with van der Waals surface area (Å²) >= 11 is 6.62. The number of fused-ring (bicyclic) bond motifs is 1. The van der Waals surface area contributed by atoms with Crippen LogP contribution < -0.4 is 10.3 Å². The summed E-state index contributed by atoms with van der Waals surface area (Å²) < 4.78 is 8.06. The Kier molecular flexibility index (Phi) is 6.13. The number of hydrogen-bond acceptors (Lipinski definition) is 6. The molecule has 0 aliphatic heterocycles. The molecule has 0 radical (unpaired) electrons. The number of halogens is 2. The first-order chi connectivity index (χ1) is 13.7. The van der Waals surface area contributed by atoms with E-state index in [0.29, 0.717) is 26.8 Å². The van der Waals surface area contributed by atoms with Crippen molar-refractivity contribution in [2.24, 2.45) is 5.10 Å². The van der Waals surface area contributed by atoms with Gasteiger partial charge in [0.25, 0.3) is 5.56 Å². The Hall–Kier alpha value is -2.59. The molecular formula is C19H16Br2N4O4. The SMILES string of the molecule is Cc1nc2ccc(Br)cc2c(=O)n1N=Cc1cc(Br)cc([N+](=O)[O-])c1OC(C)C. The monoisotopic (exact) mass is 522 g/mol. The molecule has 8 nitrogen and oxygen atoms in total. The van der Waals surface area contributed by atoms with Crippen molar-refractivity contribution in [3.05, 3.63) is 71.1 Å². The summed E-state index contributed by atoms with van der Waals surface area (Å²) in [7, 11) is 0. The van der Waals surface area contributed by atoms with Crippen molar-refractivity contribution < 1.29 is 9.66 Å². The number of nitrogens with zero attached hydrogens (tertiary/aromatic N) is 4. The molecule has 0 N–H and O–H groups in total. The third-order valence-electron chi connectivity index (χ3n) is 3.90. The Balaban J connectivity index is 2.17. The molecule has 1 heterocycles. The molecule has 0 unspecified atom stereocenters. The third-order valence-corrected chi connectivity index (χ3v) is 4.85. The zero-order chi connectivity index (χ0) is 21.3.